The minimum atomic E-state index is -1.36. The molecule has 0 aromatic heterocycles. The van der Waals surface area contributed by atoms with Gasteiger partial charge in [0.05, 0.1) is 6.42 Å². The zero-order valence-electron chi connectivity index (χ0n) is 21.6. The molecule has 1 aliphatic carbocycles. The fourth-order valence-electron chi connectivity index (χ4n) is 6.42. The van der Waals surface area contributed by atoms with Gasteiger partial charge in [0.1, 0.15) is 11.2 Å². The van der Waals surface area contributed by atoms with Gasteiger partial charge in [0.2, 0.25) is 17.7 Å². The predicted octanol–water partition coefficient (Wildman–Crippen LogP) is 1.57. The quantitative estimate of drug-likeness (QED) is 0.473. The van der Waals surface area contributed by atoms with Crippen LogP contribution in [0.1, 0.15) is 38.5 Å². The summed E-state index contributed by atoms with van der Waals surface area (Å²) in [7, 11) is 4.09. The first kappa shape index (κ1) is 24.0. The number of amides is 3. The van der Waals surface area contributed by atoms with Gasteiger partial charge >= 0.3 is 0 Å². The van der Waals surface area contributed by atoms with E-state index in [9.17, 15) is 14.4 Å². The first-order chi connectivity index (χ1) is 17.9. The average molecular weight is 506 g/mol. The van der Waals surface area contributed by atoms with E-state index in [1.807, 2.05) is 16.8 Å². The number of hydrogen-bond acceptors (Lipinski definition) is 8. The largest absolute Gasteiger partial charge is 0.369 e. The minimum Gasteiger partial charge on any atom is -0.369 e. The third kappa shape index (κ3) is 4.07. The number of piperazine rings is 1. The van der Waals surface area contributed by atoms with E-state index in [-0.39, 0.29) is 30.7 Å². The SMILES string of the molecule is CN1CCN(c2ccc(NC3N=CC4=C(N3C)N(C3CCCC3)C(=O)C3(CC(=O)NC3=O)C4)cc2)CC1. The Morgan fingerprint density at radius 1 is 0.973 bits per heavy atom. The van der Waals surface area contributed by atoms with E-state index >= 15 is 0 Å². The molecular weight excluding hydrogens is 470 g/mol. The van der Waals surface area contributed by atoms with Crippen molar-refractivity contribution in [1.82, 2.24) is 20.0 Å². The Morgan fingerprint density at radius 2 is 1.68 bits per heavy atom. The van der Waals surface area contributed by atoms with Gasteiger partial charge in [-0.15, -0.1) is 0 Å². The fourth-order valence-corrected chi connectivity index (χ4v) is 6.42. The third-order valence-corrected chi connectivity index (χ3v) is 8.58. The molecule has 2 N–H and O–H groups in total. The number of nitrogens with one attached hydrogen (secondary N) is 2. The fraction of sp³-hybridized carbons (Fsp3) is 0.556. The molecule has 2 unspecified atom stereocenters. The molecule has 2 atom stereocenters. The second-order valence-corrected chi connectivity index (χ2v) is 11.0. The van der Waals surface area contributed by atoms with Gasteiger partial charge in [0.25, 0.3) is 0 Å². The Labute approximate surface area is 217 Å². The Hall–Kier alpha value is -3.40. The Morgan fingerprint density at radius 3 is 2.32 bits per heavy atom. The summed E-state index contributed by atoms with van der Waals surface area (Å²) in [4.78, 5) is 52.3. The molecule has 4 aliphatic heterocycles. The van der Waals surface area contributed by atoms with Crippen LogP contribution in [0, 0.1) is 5.41 Å². The van der Waals surface area contributed by atoms with Gasteiger partial charge < -0.3 is 20.0 Å². The molecule has 2 saturated heterocycles. The number of benzene rings is 1. The highest BCUT2D eigenvalue weighted by Gasteiger charge is 2.59. The van der Waals surface area contributed by atoms with Crippen molar-refractivity contribution in [3.05, 3.63) is 35.7 Å². The zero-order chi connectivity index (χ0) is 25.7. The lowest BCUT2D eigenvalue weighted by Crippen LogP contribution is -2.59. The molecule has 10 heteroatoms. The summed E-state index contributed by atoms with van der Waals surface area (Å²) < 4.78 is 0. The molecule has 6 rings (SSSR count). The van der Waals surface area contributed by atoms with E-state index in [4.69, 9.17) is 4.99 Å². The molecule has 5 aliphatic rings. The second kappa shape index (κ2) is 9.16. The highest BCUT2D eigenvalue weighted by Crippen LogP contribution is 2.46. The predicted molar refractivity (Wildman–Crippen MR) is 141 cm³/mol. The van der Waals surface area contributed by atoms with Gasteiger partial charge in [-0.05, 0) is 44.2 Å². The van der Waals surface area contributed by atoms with E-state index in [2.05, 4.69) is 51.7 Å². The maximum absolute atomic E-state index is 13.9. The van der Waals surface area contributed by atoms with E-state index < -0.39 is 17.6 Å². The molecule has 4 heterocycles. The lowest BCUT2D eigenvalue weighted by Gasteiger charge is -2.48. The summed E-state index contributed by atoms with van der Waals surface area (Å²) in [6.45, 7) is 4.16. The van der Waals surface area contributed by atoms with Crippen molar-refractivity contribution < 1.29 is 14.4 Å². The van der Waals surface area contributed by atoms with Crippen LogP contribution in [0.2, 0.25) is 0 Å². The maximum atomic E-state index is 13.9. The Balaban J connectivity index is 1.24. The van der Waals surface area contributed by atoms with Crippen LogP contribution in [0.3, 0.4) is 0 Å². The van der Waals surface area contributed by atoms with Gasteiger partial charge in [-0.3, -0.25) is 24.6 Å². The van der Waals surface area contributed by atoms with Crippen LogP contribution in [0.4, 0.5) is 11.4 Å². The van der Waals surface area contributed by atoms with Gasteiger partial charge in [-0.25, -0.2) is 4.99 Å². The summed E-state index contributed by atoms with van der Waals surface area (Å²) in [6.07, 6.45) is 5.39. The van der Waals surface area contributed by atoms with Crippen molar-refractivity contribution in [2.45, 2.75) is 50.9 Å². The van der Waals surface area contributed by atoms with Crippen LogP contribution in [-0.2, 0) is 14.4 Å². The first-order valence-electron chi connectivity index (χ1n) is 13.3. The van der Waals surface area contributed by atoms with E-state index in [0.29, 0.717) is 0 Å². The number of nitrogens with zero attached hydrogens (tertiary/aromatic N) is 5. The number of aliphatic imine (C=N–C) groups is 1. The number of allylic oxidation sites excluding steroid dienone is 1. The number of likely N-dealkylation sites (N-methyl/N-ethyl adjacent to an activating group) is 1. The number of anilines is 2. The number of imide groups is 1. The third-order valence-electron chi connectivity index (χ3n) is 8.58. The topological polar surface area (TPSA) is 101 Å². The summed E-state index contributed by atoms with van der Waals surface area (Å²) in [5, 5.41) is 5.87. The lowest BCUT2D eigenvalue weighted by atomic mass is 9.75. The van der Waals surface area contributed by atoms with Crippen LogP contribution >= 0.6 is 0 Å². The van der Waals surface area contributed by atoms with Gasteiger partial charge in [-0.1, -0.05) is 12.8 Å². The zero-order valence-corrected chi connectivity index (χ0v) is 21.6. The molecule has 0 bridgehead atoms. The van der Waals surface area contributed by atoms with Crippen molar-refractivity contribution in [3.8, 4) is 0 Å². The highest BCUT2D eigenvalue weighted by molar-refractivity contribution is 6.19. The van der Waals surface area contributed by atoms with Crippen LogP contribution in [0.5, 0.6) is 0 Å². The molecule has 3 amide bonds. The molecule has 10 nitrogen and oxygen atoms in total. The summed E-state index contributed by atoms with van der Waals surface area (Å²) in [6, 6.07) is 8.45. The van der Waals surface area contributed by atoms with Crippen LogP contribution < -0.4 is 15.5 Å². The molecular formula is C27H35N7O3. The van der Waals surface area contributed by atoms with E-state index in [1.54, 1.807) is 6.21 Å². The van der Waals surface area contributed by atoms with Crippen molar-refractivity contribution in [2.75, 3.05) is 50.5 Å². The van der Waals surface area contributed by atoms with E-state index in [1.165, 1.54) is 5.69 Å². The normalized spacial score (nSPS) is 29.0. The smallest absolute Gasteiger partial charge is 0.244 e. The van der Waals surface area contributed by atoms with Crippen molar-refractivity contribution in [3.63, 3.8) is 0 Å². The van der Waals surface area contributed by atoms with Crippen LogP contribution in [0.15, 0.2) is 40.7 Å². The average Bonchev–Trinajstić information content (AvgIpc) is 3.51. The molecule has 1 aromatic rings. The second-order valence-electron chi connectivity index (χ2n) is 11.0. The molecule has 3 fully saturated rings. The molecule has 0 radical (unpaired) electrons. The maximum Gasteiger partial charge on any atom is 0.244 e. The van der Waals surface area contributed by atoms with Crippen LogP contribution in [-0.4, -0.2) is 91.2 Å². The van der Waals surface area contributed by atoms with Crippen LogP contribution in [0.25, 0.3) is 0 Å². The molecule has 1 spiro atoms. The number of carbonyl (C=O) groups excluding carboxylic acids is 3. The standard InChI is InChI=1S/C27H35N7O3/c1-31-11-13-33(14-12-31)20-9-7-19(8-10-20)29-26-28-17-18-15-27(16-22(35)30-24(27)36)25(37)34(23(18)32(26)2)21-5-3-4-6-21/h7-10,17,21,26,29H,3-6,11-16H2,1-2H3,(H,30,35,36). The molecule has 196 valence electrons. The first-order valence-corrected chi connectivity index (χ1v) is 13.3. The number of hydrogen-bond donors (Lipinski definition) is 2. The Bertz CT molecular complexity index is 1160. The van der Waals surface area contributed by atoms with Crippen molar-refractivity contribution >= 4 is 35.3 Å². The van der Waals surface area contributed by atoms with Crippen molar-refractivity contribution in [1.29, 1.82) is 0 Å². The number of rotatable bonds is 4. The molecule has 1 saturated carbocycles. The molecule has 1 aromatic carbocycles. The lowest BCUT2D eigenvalue weighted by molar-refractivity contribution is -0.151. The van der Waals surface area contributed by atoms with Gasteiger partial charge in [-0.2, -0.15) is 0 Å². The van der Waals surface area contributed by atoms with Gasteiger partial charge in [0.15, 0.2) is 6.29 Å². The van der Waals surface area contributed by atoms with E-state index in [0.717, 1.165) is 68.9 Å². The summed E-state index contributed by atoms with van der Waals surface area (Å²) in [5.74, 6) is -0.307. The summed E-state index contributed by atoms with van der Waals surface area (Å²) in [5.41, 5.74) is 1.64. The van der Waals surface area contributed by atoms with Gasteiger partial charge in [0, 0.05) is 68.9 Å². The minimum absolute atomic E-state index is 0.0237. The van der Waals surface area contributed by atoms with Crippen molar-refractivity contribution in [2.24, 2.45) is 10.4 Å². The Kier molecular flexibility index (Phi) is 5.94. The highest BCUT2D eigenvalue weighted by atomic mass is 16.2. The monoisotopic (exact) mass is 505 g/mol. The number of carbonyl (C=O) groups is 3. The summed E-state index contributed by atoms with van der Waals surface area (Å²) >= 11 is 0. The molecule has 37 heavy (non-hydrogen) atoms.